The molecule has 0 spiro atoms. The predicted octanol–water partition coefficient (Wildman–Crippen LogP) is 1.02. The molecule has 4 heteroatoms. The summed E-state index contributed by atoms with van der Waals surface area (Å²) in [5, 5.41) is 17.1. The van der Waals surface area contributed by atoms with E-state index in [0.717, 1.165) is 0 Å². The van der Waals surface area contributed by atoms with Crippen LogP contribution in [0.4, 0.5) is 0 Å². The summed E-state index contributed by atoms with van der Waals surface area (Å²) in [6, 6.07) is 1.81. The predicted molar refractivity (Wildman–Crippen MR) is 42.4 cm³/mol. The number of hydrogen-bond acceptors (Lipinski definition) is 3. The average Bonchev–Trinajstić information content (AvgIpc) is 1.98. The Morgan fingerprint density at radius 1 is 1.50 bits per heavy atom. The molecule has 0 amide bonds. The molecule has 2 atom stereocenters. The van der Waals surface area contributed by atoms with Crippen molar-refractivity contribution in [2.75, 3.05) is 0 Å². The Kier molecular flexibility index (Phi) is 4.30. The first-order valence-electron chi connectivity index (χ1n) is 3.77. The normalized spacial score (nSPS) is 15.2. The summed E-state index contributed by atoms with van der Waals surface area (Å²) < 4.78 is 5.08. The zero-order chi connectivity index (χ0) is 9.72. The van der Waals surface area contributed by atoms with Gasteiger partial charge in [0.15, 0.2) is 6.10 Å². The summed E-state index contributed by atoms with van der Waals surface area (Å²) in [5.74, 6) is -1.79. The molecule has 0 bridgehead atoms. The Morgan fingerprint density at radius 3 is 2.25 bits per heavy atom. The number of nitriles is 1. The van der Waals surface area contributed by atoms with Gasteiger partial charge in [-0.1, -0.05) is 0 Å². The number of aliphatic carboxylic acids is 1. The summed E-state index contributed by atoms with van der Waals surface area (Å²) in [5.41, 5.74) is 0. The maximum Gasteiger partial charge on any atom is 0.309 e. The smallest absolute Gasteiger partial charge is 0.309 e. The SMILES string of the molecule is CC(C)OC(C#N)C(C)C(=O)O. The Hall–Kier alpha value is -1.08. The molecule has 0 aliphatic carbocycles. The monoisotopic (exact) mass is 171 g/mol. The van der Waals surface area contributed by atoms with Crippen LogP contribution in [0, 0.1) is 17.2 Å². The van der Waals surface area contributed by atoms with Crippen molar-refractivity contribution in [3.63, 3.8) is 0 Å². The second-order valence-electron chi connectivity index (χ2n) is 2.86. The Labute approximate surface area is 71.8 Å². The minimum atomic E-state index is -1.01. The van der Waals surface area contributed by atoms with Crippen molar-refractivity contribution in [1.29, 1.82) is 5.26 Å². The van der Waals surface area contributed by atoms with E-state index in [9.17, 15) is 4.79 Å². The number of nitrogens with zero attached hydrogens (tertiary/aromatic N) is 1. The fourth-order valence-corrected chi connectivity index (χ4v) is 0.683. The van der Waals surface area contributed by atoms with Gasteiger partial charge in [-0.25, -0.2) is 0 Å². The van der Waals surface area contributed by atoms with Crippen LogP contribution in [-0.4, -0.2) is 23.3 Å². The minimum Gasteiger partial charge on any atom is -0.481 e. The minimum absolute atomic E-state index is 0.128. The molecule has 4 nitrogen and oxygen atoms in total. The van der Waals surface area contributed by atoms with Crippen molar-refractivity contribution >= 4 is 5.97 Å². The van der Waals surface area contributed by atoms with Crippen LogP contribution in [0.3, 0.4) is 0 Å². The molecule has 0 fully saturated rings. The van der Waals surface area contributed by atoms with E-state index in [1.807, 2.05) is 6.07 Å². The van der Waals surface area contributed by atoms with Crippen LogP contribution in [0.1, 0.15) is 20.8 Å². The molecule has 0 aromatic rings. The average molecular weight is 171 g/mol. The van der Waals surface area contributed by atoms with Gasteiger partial charge in [-0.3, -0.25) is 4.79 Å². The number of carboxylic acid groups (broad SMARTS) is 1. The van der Waals surface area contributed by atoms with E-state index in [-0.39, 0.29) is 6.10 Å². The zero-order valence-corrected chi connectivity index (χ0v) is 7.44. The van der Waals surface area contributed by atoms with Gasteiger partial charge in [-0.2, -0.15) is 5.26 Å². The molecular formula is C8H13NO3. The number of rotatable bonds is 4. The van der Waals surface area contributed by atoms with Gasteiger partial charge in [0.05, 0.1) is 18.1 Å². The van der Waals surface area contributed by atoms with E-state index in [1.54, 1.807) is 13.8 Å². The van der Waals surface area contributed by atoms with Gasteiger partial charge in [-0.05, 0) is 20.8 Å². The highest BCUT2D eigenvalue weighted by molar-refractivity contribution is 5.70. The third-order valence-electron chi connectivity index (χ3n) is 1.39. The largest absolute Gasteiger partial charge is 0.481 e. The molecule has 2 unspecified atom stereocenters. The summed E-state index contributed by atoms with van der Waals surface area (Å²) in [6.45, 7) is 4.98. The summed E-state index contributed by atoms with van der Waals surface area (Å²) in [7, 11) is 0. The van der Waals surface area contributed by atoms with Crippen molar-refractivity contribution in [2.45, 2.75) is 33.0 Å². The first-order valence-corrected chi connectivity index (χ1v) is 3.77. The van der Waals surface area contributed by atoms with Crippen LogP contribution >= 0.6 is 0 Å². The lowest BCUT2D eigenvalue weighted by Gasteiger charge is -2.16. The van der Waals surface area contributed by atoms with Gasteiger partial charge in [0.2, 0.25) is 0 Å². The highest BCUT2D eigenvalue weighted by atomic mass is 16.5. The van der Waals surface area contributed by atoms with E-state index >= 15 is 0 Å². The highest BCUT2D eigenvalue weighted by Crippen LogP contribution is 2.09. The van der Waals surface area contributed by atoms with Gasteiger partial charge >= 0.3 is 5.97 Å². The molecule has 0 rings (SSSR count). The standard InChI is InChI=1S/C8H13NO3/c1-5(2)12-7(4-9)6(3)8(10)11/h5-7H,1-3H3,(H,10,11). The highest BCUT2D eigenvalue weighted by Gasteiger charge is 2.24. The molecule has 0 aromatic heterocycles. The molecular weight excluding hydrogens is 158 g/mol. The number of hydrogen-bond donors (Lipinski definition) is 1. The molecule has 0 saturated heterocycles. The number of carbonyl (C=O) groups is 1. The van der Waals surface area contributed by atoms with E-state index in [0.29, 0.717) is 0 Å². The van der Waals surface area contributed by atoms with E-state index in [2.05, 4.69) is 0 Å². The fourth-order valence-electron chi connectivity index (χ4n) is 0.683. The first kappa shape index (κ1) is 10.9. The van der Waals surface area contributed by atoms with Gasteiger partial charge in [0.25, 0.3) is 0 Å². The Morgan fingerprint density at radius 2 is 2.00 bits per heavy atom. The molecule has 0 radical (unpaired) electrons. The molecule has 68 valence electrons. The number of carboxylic acids is 1. The Bertz CT molecular complexity index is 195. The van der Waals surface area contributed by atoms with Crippen LogP contribution in [0.5, 0.6) is 0 Å². The van der Waals surface area contributed by atoms with E-state index in [4.69, 9.17) is 15.1 Å². The van der Waals surface area contributed by atoms with Crippen molar-refractivity contribution < 1.29 is 14.6 Å². The molecule has 12 heavy (non-hydrogen) atoms. The topological polar surface area (TPSA) is 70.3 Å². The third kappa shape index (κ3) is 3.35. The van der Waals surface area contributed by atoms with Gasteiger partial charge < -0.3 is 9.84 Å². The lowest BCUT2D eigenvalue weighted by Crippen LogP contribution is -2.29. The third-order valence-corrected chi connectivity index (χ3v) is 1.39. The van der Waals surface area contributed by atoms with Crippen molar-refractivity contribution in [3.8, 4) is 6.07 Å². The molecule has 0 heterocycles. The van der Waals surface area contributed by atoms with Gasteiger partial charge in [-0.15, -0.1) is 0 Å². The van der Waals surface area contributed by atoms with Crippen molar-refractivity contribution in [3.05, 3.63) is 0 Å². The van der Waals surface area contributed by atoms with Crippen LogP contribution in [0.2, 0.25) is 0 Å². The number of ether oxygens (including phenoxy) is 1. The lowest BCUT2D eigenvalue weighted by molar-refractivity contribution is -0.145. The van der Waals surface area contributed by atoms with Gasteiger partial charge in [0.1, 0.15) is 0 Å². The van der Waals surface area contributed by atoms with Crippen LogP contribution in [0.25, 0.3) is 0 Å². The maximum atomic E-state index is 10.5. The summed E-state index contributed by atoms with van der Waals surface area (Å²) >= 11 is 0. The van der Waals surface area contributed by atoms with Crippen LogP contribution in [0.15, 0.2) is 0 Å². The van der Waals surface area contributed by atoms with Gasteiger partial charge in [0, 0.05) is 0 Å². The molecule has 0 aliphatic heterocycles. The molecule has 0 aliphatic rings. The molecule has 0 saturated carbocycles. The Balaban J connectivity index is 4.17. The van der Waals surface area contributed by atoms with Crippen LogP contribution < -0.4 is 0 Å². The second-order valence-corrected chi connectivity index (χ2v) is 2.86. The van der Waals surface area contributed by atoms with Crippen LogP contribution in [-0.2, 0) is 9.53 Å². The maximum absolute atomic E-state index is 10.5. The quantitative estimate of drug-likeness (QED) is 0.685. The lowest BCUT2D eigenvalue weighted by atomic mass is 10.1. The van der Waals surface area contributed by atoms with Crippen molar-refractivity contribution in [1.82, 2.24) is 0 Å². The molecule has 0 aromatic carbocycles. The molecule has 1 N–H and O–H groups in total. The van der Waals surface area contributed by atoms with E-state index < -0.39 is 18.0 Å². The zero-order valence-electron chi connectivity index (χ0n) is 7.44. The second kappa shape index (κ2) is 4.73. The first-order chi connectivity index (χ1) is 5.49. The summed E-state index contributed by atoms with van der Waals surface area (Å²) in [6.07, 6.45) is -0.987. The fraction of sp³-hybridized carbons (Fsp3) is 0.750. The van der Waals surface area contributed by atoms with E-state index in [1.165, 1.54) is 6.92 Å². The van der Waals surface area contributed by atoms with Crippen molar-refractivity contribution in [2.24, 2.45) is 5.92 Å². The summed E-state index contributed by atoms with van der Waals surface area (Å²) in [4.78, 5) is 10.5.